The summed E-state index contributed by atoms with van der Waals surface area (Å²) in [5.41, 5.74) is 3.19. The van der Waals surface area contributed by atoms with Crippen LogP contribution in [-0.2, 0) is 5.75 Å². The third-order valence-corrected chi connectivity index (χ3v) is 4.65. The fraction of sp³-hybridized carbons (Fsp3) is 0.111. The maximum atomic E-state index is 5.33. The van der Waals surface area contributed by atoms with Crippen molar-refractivity contribution in [2.75, 3.05) is 0 Å². The molecular formula is C18H15N3O2S. The van der Waals surface area contributed by atoms with Crippen molar-refractivity contribution in [3.8, 4) is 17.2 Å². The second-order valence-corrected chi connectivity index (χ2v) is 6.26. The summed E-state index contributed by atoms with van der Waals surface area (Å²) in [6.07, 6.45) is 5.40. The molecular weight excluding hydrogens is 322 g/mol. The predicted octanol–water partition coefficient (Wildman–Crippen LogP) is 4.72. The number of thioether (sulfide) groups is 1. The second kappa shape index (κ2) is 6.41. The Bertz CT molecular complexity index is 941. The molecule has 0 aliphatic carbocycles. The summed E-state index contributed by atoms with van der Waals surface area (Å²) in [5, 5.41) is 5.02. The van der Waals surface area contributed by atoms with E-state index in [4.69, 9.17) is 8.94 Å². The average molecular weight is 337 g/mol. The third kappa shape index (κ3) is 2.88. The first-order valence-electron chi connectivity index (χ1n) is 7.53. The van der Waals surface area contributed by atoms with Crippen LogP contribution in [0.2, 0.25) is 0 Å². The molecule has 4 rings (SSSR count). The predicted molar refractivity (Wildman–Crippen MR) is 92.1 cm³/mol. The van der Waals surface area contributed by atoms with Gasteiger partial charge in [0.15, 0.2) is 10.9 Å². The van der Waals surface area contributed by atoms with E-state index >= 15 is 0 Å². The van der Waals surface area contributed by atoms with Gasteiger partial charge in [0.25, 0.3) is 0 Å². The lowest BCUT2D eigenvalue weighted by Gasteiger charge is -2.09. The SMILES string of the molecule is Cc1ccccc1-n1ccnc1SCc1cc(-c2ccco2)on1. The monoisotopic (exact) mass is 337 g/mol. The molecule has 24 heavy (non-hydrogen) atoms. The summed E-state index contributed by atoms with van der Waals surface area (Å²) < 4.78 is 12.7. The Balaban J connectivity index is 1.52. The number of aromatic nitrogens is 3. The van der Waals surface area contributed by atoms with E-state index in [1.807, 2.05) is 42.7 Å². The molecule has 6 heteroatoms. The molecule has 0 fully saturated rings. The van der Waals surface area contributed by atoms with Crippen molar-refractivity contribution in [3.05, 3.63) is 72.4 Å². The molecule has 3 aromatic heterocycles. The number of hydrogen-bond acceptors (Lipinski definition) is 5. The van der Waals surface area contributed by atoms with Crippen LogP contribution in [0.3, 0.4) is 0 Å². The molecule has 0 amide bonds. The molecule has 0 aliphatic heterocycles. The summed E-state index contributed by atoms with van der Waals surface area (Å²) >= 11 is 1.62. The fourth-order valence-corrected chi connectivity index (χ4v) is 3.31. The molecule has 0 bridgehead atoms. The zero-order valence-corrected chi connectivity index (χ0v) is 13.9. The van der Waals surface area contributed by atoms with Gasteiger partial charge in [-0.2, -0.15) is 0 Å². The number of nitrogens with zero attached hydrogens (tertiary/aromatic N) is 3. The van der Waals surface area contributed by atoms with E-state index in [0.29, 0.717) is 17.3 Å². The van der Waals surface area contributed by atoms with Crippen LogP contribution in [0.25, 0.3) is 17.2 Å². The fourth-order valence-electron chi connectivity index (χ4n) is 2.47. The van der Waals surface area contributed by atoms with Crippen molar-refractivity contribution in [3.63, 3.8) is 0 Å². The summed E-state index contributed by atoms with van der Waals surface area (Å²) in [7, 11) is 0. The lowest BCUT2D eigenvalue weighted by molar-refractivity contribution is 0.413. The Labute approximate surface area is 143 Å². The highest BCUT2D eigenvalue weighted by molar-refractivity contribution is 7.98. The van der Waals surface area contributed by atoms with E-state index in [-0.39, 0.29) is 0 Å². The van der Waals surface area contributed by atoms with Crippen LogP contribution >= 0.6 is 11.8 Å². The standard InChI is InChI=1S/C18H15N3O2S/c1-13-5-2-3-6-15(13)21-9-8-19-18(21)24-12-14-11-17(23-20-14)16-7-4-10-22-16/h2-11H,12H2,1H3. The molecule has 0 saturated carbocycles. The zero-order chi connectivity index (χ0) is 16.4. The van der Waals surface area contributed by atoms with Gasteiger partial charge < -0.3 is 8.94 Å². The highest BCUT2D eigenvalue weighted by Gasteiger charge is 2.12. The Hall–Kier alpha value is -2.73. The van der Waals surface area contributed by atoms with Crippen LogP contribution in [0.5, 0.6) is 0 Å². The van der Waals surface area contributed by atoms with E-state index in [2.05, 4.69) is 33.8 Å². The quantitative estimate of drug-likeness (QED) is 0.493. The molecule has 0 saturated heterocycles. The number of hydrogen-bond donors (Lipinski definition) is 0. The molecule has 0 spiro atoms. The van der Waals surface area contributed by atoms with Crippen LogP contribution in [0.1, 0.15) is 11.3 Å². The first-order chi connectivity index (χ1) is 11.8. The van der Waals surface area contributed by atoms with Crippen LogP contribution in [0.15, 0.2) is 75.2 Å². The number of rotatable bonds is 5. The normalized spacial score (nSPS) is 11.0. The van der Waals surface area contributed by atoms with Crippen molar-refractivity contribution < 1.29 is 8.94 Å². The lowest BCUT2D eigenvalue weighted by Crippen LogP contribution is -1.97. The number of aryl methyl sites for hydroxylation is 1. The van der Waals surface area contributed by atoms with Crippen molar-refractivity contribution in [1.29, 1.82) is 0 Å². The molecule has 0 N–H and O–H groups in total. The van der Waals surface area contributed by atoms with Gasteiger partial charge in [-0.05, 0) is 30.7 Å². The highest BCUT2D eigenvalue weighted by Crippen LogP contribution is 2.27. The largest absolute Gasteiger partial charge is 0.461 e. The van der Waals surface area contributed by atoms with Gasteiger partial charge in [0.05, 0.1) is 17.6 Å². The molecule has 4 aromatic rings. The second-order valence-electron chi connectivity index (χ2n) is 5.31. The Morgan fingerprint density at radius 1 is 1.12 bits per heavy atom. The van der Waals surface area contributed by atoms with Crippen LogP contribution in [0.4, 0.5) is 0 Å². The van der Waals surface area contributed by atoms with E-state index in [9.17, 15) is 0 Å². The average Bonchev–Trinajstić information content (AvgIpc) is 3.34. The van der Waals surface area contributed by atoms with E-state index in [1.165, 1.54) is 5.56 Å². The number of imidazole rings is 1. The molecule has 0 radical (unpaired) electrons. The van der Waals surface area contributed by atoms with Gasteiger partial charge >= 0.3 is 0 Å². The molecule has 3 heterocycles. The number of para-hydroxylation sites is 1. The molecule has 0 atom stereocenters. The highest BCUT2D eigenvalue weighted by atomic mass is 32.2. The summed E-state index contributed by atoms with van der Waals surface area (Å²) in [6.45, 7) is 2.09. The molecule has 0 unspecified atom stereocenters. The minimum absolute atomic E-state index is 0.637. The van der Waals surface area contributed by atoms with Crippen LogP contribution < -0.4 is 0 Å². The zero-order valence-electron chi connectivity index (χ0n) is 13.0. The van der Waals surface area contributed by atoms with E-state index in [0.717, 1.165) is 16.5 Å². The van der Waals surface area contributed by atoms with E-state index in [1.54, 1.807) is 18.0 Å². The van der Waals surface area contributed by atoms with Gasteiger partial charge in [0.2, 0.25) is 5.76 Å². The summed E-state index contributed by atoms with van der Waals surface area (Å²) in [6, 6.07) is 13.8. The maximum absolute atomic E-state index is 5.33. The van der Waals surface area contributed by atoms with Crippen molar-refractivity contribution >= 4 is 11.8 Å². The van der Waals surface area contributed by atoms with Gasteiger partial charge in [-0.15, -0.1) is 0 Å². The van der Waals surface area contributed by atoms with Crippen molar-refractivity contribution in [2.24, 2.45) is 0 Å². The molecule has 1 aromatic carbocycles. The Morgan fingerprint density at radius 2 is 2.04 bits per heavy atom. The van der Waals surface area contributed by atoms with Gasteiger partial charge in [0, 0.05) is 24.2 Å². The lowest BCUT2D eigenvalue weighted by atomic mass is 10.2. The van der Waals surface area contributed by atoms with Crippen molar-refractivity contribution in [1.82, 2.24) is 14.7 Å². The maximum Gasteiger partial charge on any atom is 0.202 e. The third-order valence-electron chi connectivity index (χ3n) is 3.65. The van der Waals surface area contributed by atoms with Gasteiger partial charge in [-0.1, -0.05) is 35.1 Å². The van der Waals surface area contributed by atoms with E-state index < -0.39 is 0 Å². The molecule has 0 aliphatic rings. The molecule has 120 valence electrons. The van der Waals surface area contributed by atoms with Crippen molar-refractivity contribution in [2.45, 2.75) is 17.8 Å². The molecule has 5 nitrogen and oxygen atoms in total. The van der Waals surface area contributed by atoms with Crippen LogP contribution in [0, 0.1) is 6.92 Å². The minimum atomic E-state index is 0.637. The summed E-state index contributed by atoms with van der Waals surface area (Å²) in [5.74, 6) is 1.99. The smallest absolute Gasteiger partial charge is 0.202 e. The van der Waals surface area contributed by atoms with Gasteiger partial charge in [-0.3, -0.25) is 4.57 Å². The van der Waals surface area contributed by atoms with Gasteiger partial charge in [0.1, 0.15) is 0 Å². The Morgan fingerprint density at radius 3 is 2.88 bits per heavy atom. The topological polar surface area (TPSA) is 57.0 Å². The summed E-state index contributed by atoms with van der Waals surface area (Å²) in [4.78, 5) is 4.45. The first kappa shape index (κ1) is 14.8. The Kier molecular flexibility index (Phi) is 3.96. The van der Waals surface area contributed by atoms with Crippen LogP contribution in [-0.4, -0.2) is 14.7 Å². The number of benzene rings is 1. The number of furan rings is 1. The minimum Gasteiger partial charge on any atom is -0.461 e. The first-order valence-corrected chi connectivity index (χ1v) is 8.51. The van der Waals surface area contributed by atoms with Gasteiger partial charge in [-0.25, -0.2) is 4.98 Å².